The molecule has 2 spiro atoms. The third-order valence-corrected chi connectivity index (χ3v) is 9.98. The van der Waals surface area contributed by atoms with Crippen molar-refractivity contribution in [3.05, 3.63) is 11.1 Å². The molecule has 1 saturated heterocycles. The molecule has 10 nitrogen and oxygen atoms in total. The van der Waals surface area contributed by atoms with Crippen molar-refractivity contribution in [3.63, 3.8) is 0 Å². The summed E-state index contributed by atoms with van der Waals surface area (Å²) in [6.07, 6.45) is 3.94. The largest absolute Gasteiger partial charge is 0.545 e. The molecule has 2 bridgehead atoms. The lowest BCUT2D eigenvalue weighted by molar-refractivity contribution is -0.828. The Morgan fingerprint density at radius 2 is 2.11 bits per heavy atom. The number of aliphatic hydroxyl groups is 2. The zero-order valence-electron chi connectivity index (χ0n) is 22.1. The molecule has 7 N–H and O–H groups in total. The summed E-state index contributed by atoms with van der Waals surface area (Å²) in [6.45, 7) is 6.47. The SMILES string of the molecule is CNCCN=C(N)[NH+]1CC[C@H](CNCCO)[C@@]2(C1)[C@@H]1CC[C@@H](C)[C@]23C[C@](O)(COC)C(C(=O)[O-])=C3C1. The Hall–Kier alpha value is -1.56. The summed E-state index contributed by atoms with van der Waals surface area (Å²) in [5, 5.41) is 40.3. The van der Waals surface area contributed by atoms with E-state index in [9.17, 15) is 20.1 Å². The fourth-order valence-corrected chi connectivity index (χ4v) is 8.80. The van der Waals surface area contributed by atoms with Gasteiger partial charge in [-0.2, -0.15) is 0 Å². The van der Waals surface area contributed by atoms with Gasteiger partial charge in [-0.1, -0.05) is 12.5 Å². The van der Waals surface area contributed by atoms with Gasteiger partial charge in [0.2, 0.25) is 0 Å². The number of carboxylic acid groups (broad SMARTS) is 1. The molecule has 10 heteroatoms. The van der Waals surface area contributed by atoms with Gasteiger partial charge < -0.3 is 41.2 Å². The molecule has 1 unspecified atom stereocenters. The van der Waals surface area contributed by atoms with Crippen molar-refractivity contribution in [2.75, 3.05) is 66.6 Å². The quantitative estimate of drug-likeness (QED) is 0.106. The van der Waals surface area contributed by atoms with Crippen LogP contribution in [0.25, 0.3) is 0 Å². The first kappa shape index (κ1) is 27.5. The number of aliphatic carboxylic acids is 1. The minimum Gasteiger partial charge on any atom is -0.545 e. The number of allylic oxidation sites excluding steroid dienone is 1. The number of likely N-dealkylation sites (tertiary alicyclic amines) is 1. The molecule has 0 aromatic heterocycles. The molecule has 4 aliphatic rings. The van der Waals surface area contributed by atoms with Gasteiger partial charge in [-0.25, -0.2) is 4.99 Å². The number of nitrogens with zero attached hydrogens (tertiary/aromatic N) is 1. The Balaban J connectivity index is 1.84. The van der Waals surface area contributed by atoms with Gasteiger partial charge in [0.1, 0.15) is 5.60 Å². The number of aliphatic imine (C=N–C) groups is 1. The van der Waals surface area contributed by atoms with E-state index >= 15 is 0 Å². The van der Waals surface area contributed by atoms with Crippen molar-refractivity contribution in [3.8, 4) is 0 Å². The summed E-state index contributed by atoms with van der Waals surface area (Å²) in [5.41, 5.74) is 5.21. The number of rotatable bonds is 10. The molecule has 4 rings (SSSR count). The van der Waals surface area contributed by atoms with Gasteiger partial charge in [0.05, 0.1) is 38.8 Å². The van der Waals surface area contributed by atoms with Crippen LogP contribution in [-0.4, -0.2) is 94.4 Å². The van der Waals surface area contributed by atoms with Gasteiger partial charge in [-0.3, -0.25) is 4.90 Å². The summed E-state index contributed by atoms with van der Waals surface area (Å²) in [4.78, 5) is 18.3. The van der Waals surface area contributed by atoms with Crippen LogP contribution in [0, 0.1) is 28.6 Å². The highest BCUT2D eigenvalue weighted by molar-refractivity contribution is 5.90. The second-order valence-electron chi connectivity index (χ2n) is 11.5. The Labute approximate surface area is 214 Å². The van der Waals surface area contributed by atoms with E-state index in [2.05, 4.69) is 22.5 Å². The van der Waals surface area contributed by atoms with Gasteiger partial charge in [0, 0.05) is 43.0 Å². The van der Waals surface area contributed by atoms with Crippen LogP contribution in [0.1, 0.15) is 39.0 Å². The number of ether oxygens (including phenoxy) is 1. The number of aliphatic hydroxyl groups excluding tert-OH is 1. The minimum absolute atomic E-state index is 0.0600. The monoisotopic (exact) mass is 507 g/mol. The summed E-state index contributed by atoms with van der Waals surface area (Å²) in [6, 6.07) is 0. The Morgan fingerprint density at radius 3 is 2.78 bits per heavy atom. The van der Waals surface area contributed by atoms with E-state index in [1.807, 2.05) is 7.05 Å². The third-order valence-electron chi connectivity index (χ3n) is 9.98. The van der Waals surface area contributed by atoms with E-state index < -0.39 is 17.0 Å². The molecule has 0 aromatic rings. The number of carbonyl (C=O) groups is 1. The molecular weight excluding hydrogens is 462 g/mol. The number of nitrogens with two attached hydrogens (primary N) is 1. The zero-order valence-corrected chi connectivity index (χ0v) is 22.1. The van der Waals surface area contributed by atoms with E-state index in [0.29, 0.717) is 37.8 Å². The molecule has 0 aromatic carbocycles. The zero-order chi connectivity index (χ0) is 26.1. The number of likely N-dealkylation sites (N-methyl/N-ethyl adjacent to an activating group) is 1. The van der Waals surface area contributed by atoms with Crippen molar-refractivity contribution in [2.45, 2.75) is 44.6 Å². The molecule has 3 aliphatic carbocycles. The lowest BCUT2D eigenvalue weighted by Crippen LogP contribution is -3.19. The number of carbonyl (C=O) groups excluding carboxylic acids is 1. The molecule has 3 fully saturated rings. The molecule has 0 radical (unpaired) electrons. The number of hydrogen-bond acceptors (Lipinski definition) is 8. The average molecular weight is 508 g/mol. The molecule has 1 heterocycles. The number of carboxylic acids is 1. The lowest BCUT2D eigenvalue weighted by atomic mass is 9.45. The number of guanidine groups is 1. The van der Waals surface area contributed by atoms with Crippen LogP contribution in [-0.2, 0) is 9.53 Å². The number of hydrogen-bond donors (Lipinski definition) is 6. The third kappa shape index (κ3) is 4.10. The fraction of sp³-hybridized carbons (Fsp3) is 0.846. The Bertz CT molecular complexity index is 896. The predicted octanol–water partition coefficient (Wildman–Crippen LogP) is -2.74. The van der Waals surface area contributed by atoms with Crippen LogP contribution in [0.15, 0.2) is 16.1 Å². The van der Waals surface area contributed by atoms with Crippen LogP contribution < -0.4 is 26.4 Å². The van der Waals surface area contributed by atoms with Gasteiger partial charge in [-0.15, -0.1) is 0 Å². The summed E-state index contributed by atoms with van der Waals surface area (Å²) in [7, 11) is 3.39. The van der Waals surface area contributed by atoms with Crippen LogP contribution in [0.4, 0.5) is 0 Å². The molecular formula is C26H45N5O5. The molecule has 2 saturated carbocycles. The maximum absolute atomic E-state index is 12.5. The van der Waals surface area contributed by atoms with E-state index in [1.54, 1.807) is 0 Å². The van der Waals surface area contributed by atoms with E-state index in [1.165, 1.54) is 7.11 Å². The van der Waals surface area contributed by atoms with Crippen LogP contribution in [0.3, 0.4) is 0 Å². The molecule has 204 valence electrons. The molecule has 0 amide bonds. The van der Waals surface area contributed by atoms with Gasteiger partial charge in [0.25, 0.3) is 5.96 Å². The highest BCUT2D eigenvalue weighted by atomic mass is 16.5. The highest BCUT2D eigenvalue weighted by Crippen LogP contribution is 2.76. The van der Waals surface area contributed by atoms with E-state index in [4.69, 9.17) is 10.5 Å². The molecule has 36 heavy (non-hydrogen) atoms. The summed E-state index contributed by atoms with van der Waals surface area (Å²) in [5.74, 6) is 0.0897. The smallest absolute Gasteiger partial charge is 0.293 e. The average Bonchev–Trinajstić information content (AvgIpc) is 3.17. The standard InChI is InChI=1S/C26H45N5O5/c1-17-4-5-18-12-20-21(22(33)34)24(35,16-36-3)14-25(17,20)26(18)15-31(23(27)30-8-7-28-2)10-6-19(26)13-29-9-11-32/h17-19,28-29,32,35H,4-16H2,1-3H3,(H2,27,30)(H,33,34)/t17-,18-,19-,24+,25+,26-/m1/s1. The normalized spacial score (nSPS) is 40.2. The summed E-state index contributed by atoms with van der Waals surface area (Å²) < 4.78 is 5.37. The van der Waals surface area contributed by atoms with Crippen molar-refractivity contribution >= 4 is 11.9 Å². The number of methoxy groups -OCH3 is 1. The maximum atomic E-state index is 12.5. The molecule has 7 atom stereocenters. The van der Waals surface area contributed by atoms with Gasteiger partial charge in [-0.05, 0) is 57.0 Å². The first-order chi connectivity index (χ1) is 17.2. The van der Waals surface area contributed by atoms with Gasteiger partial charge >= 0.3 is 0 Å². The summed E-state index contributed by atoms with van der Waals surface area (Å²) >= 11 is 0. The second kappa shape index (κ2) is 10.7. The Morgan fingerprint density at radius 1 is 1.33 bits per heavy atom. The second-order valence-corrected chi connectivity index (χ2v) is 11.5. The first-order valence-corrected chi connectivity index (χ1v) is 13.5. The number of nitrogens with one attached hydrogen (secondary N) is 3. The van der Waals surface area contributed by atoms with Crippen molar-refractivity contribution in [1.29, 1.82) is 0 Å². The van der Waals surface area contributed by atoms with Crippen molar-refractivity contribution < 1.29 is 29.8 Å². The van der Waals surface area contributed by atoms with Crippen LogP contribution in [0.5, 0.6) is 0 Å². The Kier molecular flexibility index (Phi) is 8.14. The minimum atomic E-state index is -1.57. The van der Waals surface area contributed by atoms with Crippen molar-refractivity contribution in [1.82, 2.24) is 10.6 Å². The lowest BCUT2D eigenvalue weighted by Gasteiger charge is -2.60. The van der Waals surface area contributed by atoms with E-state index in [-0.39, 0.29) is 36.0 Å². The van der Waals surface area contributed by atoms with Crippen LogP contribution >= 0.6 is 0 Å². The number of piperidine rings is 1. The fourth-order valence-electron chi connectivity index (χ4n) is 8.80. The topological polar surface area (TPSA) is 157 Å². The van der Waals surface area contributed by atoms with E-state index in [0.717, 1.165) is 55.9 Å². The van der Waals surface area contributed by atoms with Gasteiger partial charge in [0.15, 0.2) is 0 Å². The molecule has 1 aliphatic heterocycles. The van der Waals surface area contributed by atoms with Crippen molar-refractivity contribution in [2.24, 2.45) is 39.3 Å². The maximum Gasteiger partial charge on any atom is 0.293 e. The first-order valence-electron chi connectivity index (χ1n) is 13.5. The highest BCUT2D eigenvalue weighted by Gasteiger charge is 2.75. The van der Waals surface area contributed by atoms with Crippen LogP contribution in [0.2, 0.25) is 0 Å². The number of quaternary nitrogens is 1. The predicted molar refractivity (Wildman–Crippen MR) is 134 cm³/mol.